The normalized spacial score (nSPS) is 10.7. The van der Waals surface area contributed by atoms with Crippen molar-refractivity contribution in [2.45, 2.75) is 20.0 Å². The molecule has 0 saturated carbocycles. The number of esters is 1. The number of rotatable bonds is 7. The third-order valence-corrected chi connectivity index (χ3v) is 5.07. The number of carbonyl (C=O) groups is 1. The van der Waals surface area contributed by atoms with Crippen LogP contribution in [-0.2, 0) is 22.6 Å². The zero-order chi connectivity index (χ0) is 23.4. The molecule has 5 nitrogen and oxygen atoms in total. The number of para-hydroxylation sites is 1. The quantitative estimate of drug-likeness (QED) is 0.328. The fourth-order valence-electron chi connectivity index (χ4n) is 3.61. The number of hydrogen-bond acceptors (Lipinski definition) is 5. The summed E-state index contributed by atoms with van der Waals surface area (Å²) in [5.41, 5.74) is 1.57. The number of furan rings is 1. The van der Waals surface area contributed by atoms with Crippen molar-refractivity contribution in [3.8, 4) is 22.9 Å². The topological polar surface area (TPSA) is 72.5 Å². The molecule has 0 aliphatic carbocycles. The molecule has 33 heavy (non-hydrogen) atoms. The van der Waals surface area contributed by atoms with Crippen LogP contribution in [0.25, 0.3) is 22.1 Å². The van der Waals surface area contributed by atoms with Gasteiger partial charge in [0.1, 0.15) is 35.6 Å². The lowest BCUT2D eigenvalue weighted by Gasteiger charge is -2.13. The Bertz CT molecular complexity index is 1370. The second-order valence-corrected chi connectivity index (χ2v) is 7.29. The summed E-state index contributed by atoms with van der Waals surface area (Å²) < 4.78 is 45.4. The number of nitrogens with zero attached hydrogens (tertiary/aromatic N) is 1. The van der Waals surface area contributed by atoms with Crippen molar-refractivity contribution < 1.29 is 27.5 Å². The molecule has 0 radical (unpaired) electrons. The summed E-state index contributed by atoms with van der Waals surface area (Å²) in [5.74, 6) is -1.39. The lowest BCUT2D eigenvalue weighted by atomic mass is 9.98. The number of halogens is 2. The molecule has 4 rings (SSSR count). The average molecular weight is 447 g/mol. The van der Waals surface area contributed by atoms with E-state index in [0.29, 0.717) is 40.0 Å². The van der Waals surface area contributed by atoms with Crippen LogP contribution in [0.4, 0.5) is 8.78 Å². The number of fused-ring (bicyclic) bond motifs is 1. The molecule has 1 heterocycles. The summed E-state index contributed by atoms with van der Waals surface area (Å²) in [5, 5.41) is 9.82. The maximum Gasteiger partial charge on any atom is 0.310 e. The van der Waals surface area contributed by atoms with Crippen molar-refractivity contribution in [1.82, 2.24) is 0 Å². The molecule has 4 aromatic rings. The monoisotopic (exact) mass is 447 g/mol. The summed E-state index contributed by atoms with van der Waals surface area (Å²) in [4.78, 5) is 11.9. The standard InChI is InChI=1S/C26H19F2NO4/c1-2-31-24(30)12-17-5-3-4-6-23(17)33-15-16-9-18-7-8-32-26(18)22(10-16)21-13-20(27)11-19(14-29)25(21)28/h3-11,13H,2,12,15H2,1H3. The summed E-state index contributed by atoms with van der Waals surface area (Å²) in [6.07, 6.45) is 1.53. The number of nitriles is 1. The first-order chi connectivity index (χ1) is 16.0. The highest BCUT2D eigenvalue weighted by molar-refractivity contribution is 5.93. The van der Waals surface area contributed by atoms with Gasteiger partial charge in [0.15, 0.2) is 0 Å². The summed E-state index contributed by atoms with van der Waals surface area (Å²) >= 11 is 0. The molecular weight excluding hydrogens is 428 g/mol. The highest BCUT2D eigenvalue weighted by Gasteiger charge is 2.18. The van der Waals surface area contributed by atoms with Crippen molar-refractivity contribution in [3.05, 3.63) is 89.2 Å². The van der Waals surface area contributed by atoms with Gasteiger partial charge in [-0.3, -0.25) is 4.79 Å². The van der Waals surface area contributed by atoms with Crippen molar-refractivity contribution in [2.75, 3.05) is 6.61 Å². The van der Waals surface area contributed by atoms with Crippen molar-refractivity contribution in [2.24, 2.45) is 0 Å². The van der Waals surface area contributed by atoms with Gasteiger partial charge >= 0.3 is 5.97 Å². The van der Waals surface area contributed by atoms with Gasteiger partial charge in [-0.05, 0) is 48.9 Å². The van der Waals surface area contributed by atoms with Gasteiger partial charge in [-0.1, -0.05) is 18.2 Å². The molecule has 0 atom stereocenters. The van der Waals surface area contributed by atoms with Crippen LogP contribution in [-0.4, -0.2) is 12.6 Å². The van der Waals surface area contributed by atoms with E-state index in [4.69, 9.17) is 19.2 Å². The Balaban J connectivity index is 1.68. The van der Waals surface area contributed by atoms with E-state index in [0.717, 1.165) is 12.1 Å². The third kappa shape index (κ3) is 4.70. The van der Waals surface area contributed by atoms with E-state index in [9.17, 15) is 13.6 Å². The maximum absolute atomic E-state index is 14.9. The molecule has 0 aliphatic rings. The number of benzene rings is 3. The van der Waals surface area contributed by atoms with Crippen molar-refractivity contribution >= 4 is 16.9 Å². The fourth-order valence-corrected chi connectivity index (χ4v) is 3.61. The highest BCUT2D eigenvalue weighted by Crippen LogP contribution is 2.34. The zero-order valence-corrected chi connectivity index (χ0v) is 17.7. The molecule has 7 heteroatoms. The number of ether oxygens (including phenoxy) is 2. The van der Waals surface area contributed by atoms with Gasteiger partial charge in [0.05, 0.1) is 24.9 Å². The molecule has 0 N–H and O–H groups in total. The van der Waals surface area contributed by atoms with Crippen LogP contribution >= 0.6 is 0 Å². The van der Waals surface area contributed by atoms with E-state index in [1.165, 1.54) is 6.26 Å². The molecule has 0 saturated heterocycles. The Morgan fingerprint density at radius 1 is 1.09 bits per heavy atom. The Hall–Kier alpha value is -4.18. The van der Waals surface area contributed by atoms with Gasteiger partial charge in [0.2, 0.25) is 0 Å². The van der Waals surface area contributed by atoms with Gasteiger partial charge in [0.25, 0.3) is 0 Å². The molecule has 0 unspecified atom stereocenters. The van der Waals surface area contributed by atoms with Crippen molar-refractivity contribution in [3.63, 3.8) is 0 Å². The van der Waals surface area contributed by atoms with E-state index in [-0.39, 0.29) is 30.1 Å². The van der Waals surface area contributed by atoms with E-state index in [1.54, 1.807) is 49.4 Å². The molecule has 3 aromatic carbocycles. The lowest BCUT2D eigenvalue weighted by molar-refractivity contribution is -0.142. The summed E-state index contributed by atoms with van der Waals surface area (Å²) in [7, 11) is 0. The zero-order valence-electron chi connectivity index (χ0n) is 17.7. The number of hydrogen-bond donors (Lipinski definition) is 0. The highest BCUT2D eigenvalue weighted by atomic mass is 19.1. The number of carbonyl (C=O) groups excluding carboxylic acids is 1. The van der Waals surface area contributed by atoms with Gasteiger partial charge in [-0.25, -0.2) is 8.78 Å². The fraction of sp³-hybridized carbons (Fsp3) is 0.154. The molecule has 0 bridgehead atoms. The first-order valence-electron chi connectivity index (χ1n) is 10.3. The van der Waals surface area contributed by atoms with Crippen LogP contribution in [0.15, 0.2) is 65.3 Å². The average Bonchev–Trinajstić information content (AvgIpc) is 3.28. The smallest absolute Gasteiger partial charge is 0.310 e. The van der Waals surface area contributed by atoms with Crippen LogP contribution in [0.3, 0.4) is 0 Å². The van der Waals surface area contributed by atoms with E-state index < -0.39 is 11.6 Å². The summed E-state index contributed by atoms with van der Waals surface area (Å²) in [6.45, 7) is 2.14. The molecular formula is C26H19F2NO4. The summed E-state index contributed by atoms with van der Waals surface area (Å²) in [6, 6.07) is 15.8. The van der Waals surface area contributed by atoms with Gasteiger partial charge in [-0.2, -0.15) is 5.26 Å². The Morgan fingerprint density at radius 3 is 2.70 bits per heavy atom. The first kappa shape index (κ1) is 22.0. The van der Waals surface area contributed by atoms with E-state index in [1.807, 2.05) is 6.07 Å². The van der Waals surface area contributed by atoms with Crippen LogP contribution in [0.5, 0.6) is 5.75 Å². The van der Waals surface area contributed by atoms with Crippen LogP contribution in [0.1, 0.15) is 23.6 Å². The molecule has 0 amide bonds. The maximum atomic E-state index is 14.9. The minimum atomic E-state index is -0.825. The van der Waals surface area contributed by atoms with Crippen LogP contribution in [0.2, 0.25) is 0 Å². The third-order valence-electron chi connectivity index (χ3n) is 5.07. The second-order valence-electron chi connectivity index (χ2n) is 7.29. The van der Waals surface area contributed by atoms with Crippen molar-refractivity contribution in [1.29, 1.82) is 5.26 Å². The minimum absolute atomic E-state index is 0.0709. The second kappa shape index (κ2) is 9.53. The van der Waals surface area contributed by atoms with E-state index >= 15 is 0 Å². The molecule has 1 aromatic heterocycles. The van der Waals surface area contributed by atoms with Gasteiger partial charge in [-0.15, -0.1) is 0 Å². The Labute approximate surface area is 188 Å². The minimum Gasteiger partial charge on any atom is -0.489 e. The SMILES string of the molecule is CCOC(=O)Cc1ccccc1OCc1cc(-c2cc(F)cc(C#N)c2F)c2occc2c1. The molecule has 166 valence electrons. The van der Waals surface area contributed by atoms with Gasteiger partial charge in [0, 0.05) is 22.1 Å². The van der Waals surface area contributed by atoms with Crippen LogP contribution in [0, 0.1) is 23.0 Å². The first-order valence-corrected chi connectivity index (χ1v) is 10.3. The molecule has 0 spiro atoms. The van der Waals surface area contributed by atoms with Gasteiger partial charge < -0.3 is 13.9 Å². The predicted molar refractivity (Wildman–Crippen MR) is 117 cm³/mol. The largest absolute Gasteiger partial charge is 0.489 e. The van der Waals surface area contributed by atoms with Crippen LogP contribution < -0.4 is 4.74 Å². The molecule has 0 fully saturated rings. The van der Waals surface area contributed by atoms with E-state index in [2.05, 4.69) is 0 Å². The Morgan fingerprint density at radius 2 is 1.91 bits per heavy atom. The Kier molecular flexibility index (Phi) is 6.36. The predicted octanol–water partition coefficient (Wildman–Crippen LogP) is 5.93. The molecule has 0 aliphatic heterocycles. The lowest BCUT2D eigenvalue weighted by Crippen LogP contribution is -2.09.